The number of carbonyl (C=O) groups excluding carboxylic acids is 3. The average molecular weight is 475 g/mol. The van der Waals surface area contributed by atoms with Gasteiger partial charge in [0.15, 0.2) is 6.61 Å². The molecular formula is C26H26N4O5. The Morgan fingerprint density at radius 3 is 2.40 bits per heavy atom. The number of methoxy groups -OCH3 is 1. The van der Waals surface area contributed by atoms with E-state index in [1.807, 2.05) is 19.1 Å². The average Bonchev–Trinajstić information content (AvgIpc) is 2.88. The van der Waals surface area contributed by atoms with Crippen molar-refractivity contribution in [1.29, 1.82) is 0 Å². The Balaban J connectivity index is 1.44. The van der Waals surface area contributed by atoms with E-state index in [9.17, 15) is 14.4 Å². The summed E-state index contributed by atoms with van der Waals surface area (Å²) in [5.74, 6) is -0.875. The van der Waals surface area contributed by atoms with Crippen molar-refractivity contribution in [2.75, 3.05) is 24.4 Å². The summed E-state index contributed by atoms with van der Waals surface area (Å²) in [6.07, 6.45) is 2.12. The van der Waals surface area contributed by atoms with Gasteiger partial charge in [0.25, 0.3) is 5.91 Å². The van der Waals surface area contributed by atoms with Gasteiger partial charge in [-0.05, 0) is 60.0 Å². The number of amides is 3. The fourth-order valence-corrected chi connectivity index (χ4v) is 3.04. The van der Waals surface area contributed by atoms with Gasteiger partial charge in [-0.15, -0.1) is 0 Å². The topological polar surface area (TPSA) is 118 Å². The molecule has 0 aromatic heterocycles. The SMILES string of the molecule is CCc1ccccc1NC(=O)C(=O)N/N=C\c1ccc(OCC(=O)Nc2cccc(OC)c2)cc1. The van der Waals surface area contributed by atoms with E-state index in [1.165, 1.54) is 6.21 Å². The third-order valence-electron chi connectivity index (χ3n) is 4.84. The highest BCUT2D eigenvalue weighted by Crippen LogP contribution is 2.17. The molecule has 0 unspecified atom stereocenters. The number of rotatable bonds is 9. The fraction of sp³-hybridized carbons (Fsp3) is 0.154. The fourth-order valence-electron chi connectivity index (χ4n) is 3.04. The molecule has 3 aromatic carbocycles. The molecule has 0 heterocycles. The monoisotopic (exact) mass is 474 g/mol. The summed E-state index contributed by atoms with van der Waals surface area (Å²) < 4.78 is 10.6. The maximum absolute atomic E-state index is 12.1. The molecule has 35 heavy (non-hydrogen) atoms. The van der Waals surface area contributed by atoms with Crippen molar-refractivity contribution >= 4 is 35.3 Å². The first-order valence-electron chi connectivity index (χ1n) is 10.9. The smallest absolute Gasteiger partial charge is 0.329 e. The molecule has 9 nitrogen and oxygen atoms in total. The lowest BCUT2D eigenvalue weighted by atomic mass is 10.1. The molecule has 9 heteroatoms. The van der Waals surface area contributed by atoms with E-state index in [-0.39, 0.29) is 12.5 Å². The van der Waals surface area contributed by atoms with Crippen LogP contribution in [0.2, 0.25) is 0 Å². The maximum Gasteiger partial charge on any atom is 0.329 e. The van der Waals surface area contributed by atoms with E-state index in [2.05, 4.69) is 21.2 Å². The highest BCUT2D eigenvalue weighted by atomic mass is 16.5. The van der Waals surface area contributed by atoms with Crippen LogP contribution in [0.25, 0.3) is 0 Å². The van der Waals surface area contributed by atoms with E-state index < -0.39 is 11.8 Å². The number of nitrogens with zero attached hydrogens (tertiary/aromatic N) is 1. The molecular weight excluding hydrogens is 448 g/mol. The zero-order chi connectivity index (χ0) is 25.0. The van der Waals surface area contributed by atoms with Gasteiger partial charge < -0.3 is 20.1 Å². The molecule has 0 aliphatic rings. The molecule has 0 aliphatic carbocycles. The van der Waals surface area contributed by atoms with Crippen LogP contribution in [0.3, 0.4) is 0 Å². The van der Waals surface area contributed by atoms with E-state index in [1.54, 1.807) is 67.8 Å². The molecule has 3 rings (SSSR count). The van der Waals surface area contributed by atoms with Gasteiger partial charge in [-0.1, -0.05) is 31.2 Å². The van der Waals surface area contributed by atoms with Crippen molar-refractivity contribution in [3.05, 3.63) is 83.9 Å². The lowest BCUT2D eigenvalue weighted by Crippen LogP contribution is -2.32. The molecule has 0 atom stereocenters. The number of carbonyl (C=O) groups is 3. The van der Waals surface area contributed by atoms with Crippen molar-refractivity contribution < 1.29 is 23.9 Å². The van der Waals surface area contributed by atoms with Crippen molar-refractivity contribution in [2.45, 2.75) is 13.3 Å². The Morgan fingerprint density at radius 1 is 0.886 bits per heavy atom. The number of para-hydroxylation sites is 1. The molecule has 3 N–H and O–H groups in total. The summed E-state index contributed by atoms with van der Waals surface area (Å²) in [5.41, 5.74) is 4.99. The first kappa shape index (κ1) is 25.0. The summed E-state index contributed by atoms with van der Waals surface area (Å²) in [6.45, 7) is 1.79. The Kier molecular flexibility index (Phi) is 8.95. The lowest BCUT2D eigenvalue weighted by Gasteiger charge is -2.09. The van der Waals surface area contributed by atoms with Gasteiger partial charge in [-0.25, -0.2) is 5.43 Å². The normalized spacial score (nSPS) is 10.5. The van der Waals surface area contributed by atoms with Crippen molar-refractivity contribution in [2.24, 2.45) is 5.10 Å². The summed E-state index contributed by atoms with van der Waals surface area (Å²) in [5, 5.41) is 9.12. The number of benzene rings is 3. The molecule has 180 valence electrons. The third kappa shape index (κ3) is 7.71. The first-order valence-corrected chi connectivity index (χ1v) is 10.9. The van der Waals surface area contributed by atoms with Crippen LogP contribution >= 0.6 is 0 Å². The number of hydrogen-bond donors (Lipinski definition) is 3. The van der Waals surface area contributed by atoms with Crippen LogP contribution in [0.1, 0.15) is 18.1 Å². The molecule has 0 saturated heterocycles. The van der Waals surface area contributed by atoms with Crippen molar-refractivity contribution in [3.63, 3.8) is 0 Å². The predicted octanol–water partition coefficient (Wildman–Crippen LogP) is 3.36. The van der Waals surface area contributed by atoms with Crippen LogP contribution in [0.4, 0.5) is 11.4 Å². The van der Waals surface area contributed by atoms with E-state index in [4.69, 9.17) is 9.47 Å². The largest absolute Gasteiger partial charge is 0.497 e. The summed E-state index contributed by atoms with van der Waals surface area (Å²) in [6, 6.07) is 21.0. The van der Waals surface area contributed by atoms with Gasteiger partial charge in [0, 0.05) is 17.4 Å². The second kappa shape index (κ2) is 12.5. The van der Waals surface area contributed by atoms with E-state index in [0.29, 0.717) is 28.4 Å². The van der Waals surface area contributed by atoms with E-state index >= 15 is 0 Å². The Morgan fingerprint density at radius 2 is 1.66 bits per heavy atom. The zero-order valence-corrected chi connectivity index (χ0v) is 19.4. The van der Waals surface area contributed by atoms with Crippen LogP contribution in [-0.4, -0.2) is 37.7 Å². The quantitative estimate of drug-likeness (QED) is 0.250. The van der Waals surface area contributed by atoms with Crippen LogP contribution in [0.5, 0.6) is 11.5 Å². The van der Waals surface area contributed by atoms with Crippen LogP contribution in [0, 0.1) is 0 Å². The van der Waals surface area contributed by atoms with Gasteiger partial charge in [-0.3, -0.25) is 14.4 Å². The molecule has 3 aromatic rings. The summed E-state index contributed by atoms with van der Waals surface area (Å²) in [4.78, 5) is 36.2. The standard InChI is InChI=1S/C26H26N4O5/c1-3-19-7-4-5-10-23(19)29-25(32)26(33)30-27-16-18-11-13-21(14-12-18)35-17-24(31)28-20-8-6-9-22(15-20)34-2/h4-16H,3,17H2,1-2H3,(H,28,31)(H,29,32)(H,30,33)/b27-16-. The Bertz CT molecular complexity index is 1210. The molecule has 0 saturated carbocycles. The maximum atomic E-state index is 12.1. The van der Waals surface area contributed by atoms with Gasteiger partial charge >= 0.3 is 11.8 Å². The second-order valence-corrected chi connectivity index (χ2v) is 7.30. The summed E-state index contributed by atoms with van der Waals surface area (Å²) in [7, 11) is 1.55. The van der Waals surface area contributed by atoms with Crippen molar-refractivity contribution in [1.82, 2.24) is 5.43 Å². The van der Waals surface area contributed by atoms with Crippen LogP contribution in [0.15, 0.2) is 77.9 Å². The number of anilines is 2. The summed E-state index contributed by atoms with van der Waals surface area (Å²) >= 11 is 0. The van der Waals surface area contributed by atoms with Gasteiger partial charge in [0.2, 0.25) is 0 Å². The van der Waals surface area contributed by atoms with Crippen molar-refractivity contribution in [3.8, 4) is 11.5 Å². The Hall–Kier alpha value is -4.66. The molecule has 0 spiro atoms. The van der Waals surface area contributed by atoms with Gasteiger partial charge in [0.1, 0.15) is 11.5 Å². The highest BCUT2D eigenvalue weighted by Gasteiger charge is 2.14. The minimum atomic E-state index is -0.880. The second-order valence-electron chi connectivity index (χ2n) is 7.30. The number of hydrogen-bond acceptors (Lipinski definition) is 6. The molecule has 3 amide bonds. The number of hydrazone groups is 1. The van der Waals surface area contributed by atoms with Crippen LogP contribution < -0.4 is 25.5 Å². The Labute approximate surface area is 203 Å². The minimum Gasteiger partial charge on any atom is -0.497 e. The minimum absolute atomic E-state index is 0.170. The molecule has 0 bridgehead atoms. The molecule has 0 fully saturated rings. The molecule has 0 aliphatic heterocycles. The van der Waals surface area contributed by atoms with Crippen LogP contribution in [-0.2, 0) is 20.8 Å². The highest BCUT2D eigenvalue weighted by molar-refractivity contribution is 6.39. The lowest BCUT2D eigenvalue weighted by molar-refractivity contribution is -0.136. The number of nitrogens with one attached hydrogen (secondary N) is 3. The number of ether oxygens (including phenoxy) is 2. The zero-order valence-electron chi connectivity index (χ0n) is 19.4. The van der Waals surface area contributed by atoms with Gasteiger partial charge in [0.05, 0.1) is 13.3 Å². The van der Waals surface area contributed by atoms with E-state index in [0.717, 1.165) is 12.0 Å². The third-order valence-corrected chi connectivity index (χ3v) is 4.84. The number of aryl methyl sites for hydroxylation is 1. The van der Waals surface area contributed by atoms with Gasteiger partial charge in [-0.2, -0.15) is 5.10 Å². The first-order chi connectivity index (χ1) is 17.0. The predicted molar refractivity (Wildman–Crippen MR) is 134 cm³/mol. The molecule has 0 radical (unpaired) electrons.